The summed E-state index contributed by atoms with van der Waals surface area (Å²) in [6.45, 7) is 5.41. The molecule has 0 saturated heterocycles. The number of carbonyl (C=O) groups is 1. The molecule has 2 aromatic rings. The number of hydrogen-bond acceptors (Lipinski definition) is 4. The lowest BCUT2D eigenvalue weighted by molar-refractivity contribution is 0.0973. The lowest BCUT2D eigenvalue weighted by Gasteiger charge is -2.13. The molecule has 144 valence electrons. The molecule has 2 N–H and O–H groups in total. The van der Waals surface area contributed by atoms with Gasteiger partial charge in [-0.2, -0.15) is 0 Å². The maximum Gasteiger partial charge on any atom is 0.261 e. The number of ether oxygens (including phenoxy) is 2. The van der Waals surface area contributed by atoms with Gasteiger partial charge in [-0.1, -0.05) is 32.4 Å². The summed E-state index contributed by atoms with van der Waals surface area (Å²) >= 11 is 5.25. The number of thiocarbonyl (C=S) groups is 1. The lowest BCUT2D eigenvalue weighted by Crippen LogP contribution is -2.34. The Morgan fingerprint density at radius 2 is 1.70 bits per heavy atom. The van der Waals surface area contributed by atoms with Gasteiger partial charge in [0.15, 0.2) is 5.11 Å². The second-order valence-electron chi connectivity index (χ2n) is 5.98. The van der Waals surface area contributed by atoms with E-state index in [9.17, 15) is 4.79 Å². The fourth-order valence-corrected chi connectivity index (χ4v) is 2.50. The van der Waals surface area contributed by atoms with Crippen LogP contribution < -0.4 is 20.1 Å². The van der Waals surface area contributed by atoms with E-state index < -0.39 is 0 Å². The minimum Gasteiger partial charge on any atom is -0.494 e. The number of carbonyl (C=O) groups excluding carboxylic acids is 1. The molecule has 1 amide bonds. The van der Waals surface area contributed by atoms with E-state index >= 15 is 0 Å². The van der Waals surface area contributed by atoms with E-state index in [1.807, 2.05) is 30.3 Å². The summed E-state index contributed by atoms with van der Waals surface area (Å²) < 4.78 is 11.3. The highest BCUT2D eigenvalue weighted by Crippen LogP contribution is 2.19. The zero-order valence-corrected chi connectivity index (χ0v) is 16.6. The van der Waals surface area contributed by atoms with Crippen molar-refractivity contribution in [2.75, 3.05) is 18.5 Å². The largest absolute Gasteiger partial charge is 0.494 e. The van der Waals surface area contributed by atoms with Crippen LogP contribution in [0.15, 0.2) is 48.5 Å². The molecule has 0 atom stereocenters. The van der Waals surface area contributed by atoms with Gasteiger partial charge in [0.25, 0.3) is 5.91 Å². The predicted octanol–water partition coefficient (Wildman–Crippen LogP) is 4.78. The smallest absolute Gasteiger partial charge is 0.261 e. The summed E-state index contributed by atoms with van der Waals surface area (Å²) in [5, 5.41) is 5.92. The molecule has 2 rings (SSSR count). The van der Waals surface area contributed by atoms with Crippen LogP contribution in [-0.4, -0.2) is 24.2 Å². The molecule has 0 aromatic heterocycles. The van der Waals surface area contributed by atoms with Gasteiger partial charge in [-0.25, -0.2) is 0 Å². The predicted molar refractivity (Wildman–Crippen MR) is 113 cm³/mol. The molecule has 0 aliphatic rings. The van der Waals surface area contributed by atoms with Gasteiger partial charge in [0, 0.05) is 5.69 Å². The van der Waals surface area contributed by atoms with Crippen LogP contribution in [0, 0.1) is 0 Å². The quantitative estimate of drug-likeness (QED) is 0.480. The molecule has 0 unspecified atom stereocenters. The molecule has 0 fully saturated rings. The van der Waals surface area contributed by atoms with Crippen LogP contribution in [0.25, 0.3) is 0 Å². The number of amides is 1. The van der Waals surface area contributed by atoms with Crippen LogP contribution in [0.1, 0.15) is 43.5 Å². The molecule has 2 aromatic carbocycles. The van der Waals surface area contributed by atoms with Crippen molar-refractivity contribution < 1.29 is 14.3 Å². The zero-order valence-electron chi connectivity index (χ0n) is 15.8. The van der Waals surface area contributed by atoms with Crippen molar-refractivity contribution in [3.05, 3.63) is 54.1 Å². The third-order valence-corrected chi connectivity index (χ3v) is 3.90. The third-order valence-electron chi connectivity index (χ3n) is 3.70. The molecule has 27 heavy (non-hydrogen) atoms. The fourth-order valence-electron chi connectivity index (χ4n) is 2.29. The van der Waals surface area contributed by atoms with Crippen molar-refractivity contribution in [3.63, 3.8) is 0 Å². The lowest BCUT2D eigenvalue weighted by atomic mass is 10.2. The van der Waals surface area contributed by atoms with Crippen molar-refractivity contribution >= 4 is 28.9 Å². The number of rotatable bonds is 9. The van der Waals surface area contributed by atoms with E-state index in [2.05, 4.69) is 24.5 Å². The van der Waals surface area contributed by atoms with Crippen LogP contribution in [0.2, 0.25) is 0 Å². The van der Waals surface area contributed by atoms with Gasteiger partial charge >= 0.3 is 0 Å². The Balaban J connectivity index is 1.92. The number of nitrogens with one attached hydrogen (secondary N) is 2. The summed E-state index contributed by atoms with van der Waals surface area (Å²) in [6.07, 6.45) is 2.93. The van der Waals surface area contributed by atoms with Gasteiger partial charge in [-0.05, 0) is 61.5 Å². The molecular formula is C21H26N2O3S. The molecule has 0 radical (unpaired) electrons. The normalized spacial score (nSPS) is 10.1. The van der Waals surface area contributed by atoms with Crippen molar-refractivity contribution in [2.45, 2.75) is 33.1 Å². The Labute approximate surface area is 166 Å². The first-order chi connectivity index (χ1) is 13.1. The Kier molecular flexibility index (Phi) is 8.58. The first-order valence-electron chi connectivity index (χ1n) is 9.21. The number of unbranched alkanes of at least 4 members (excludes halogenated alkanes) is 1. The summed E-state index contributed by atoms with van der Waals surface area (Å²) in [6, 6.07) is 14.6. The first kappa shape index (κ1) is 20.7. The Bertz CT molecular complexity index is 747. The van der Waals surface area contributed by atoms with Crippen LogP contribution in [0.5, 0.6) is 11.5 Å². The fraction of sp³-hybridized carbons (Fsp3) is 0.333. The standard InChI is InChI=1S/C21H26N2O3S/c1-3-5-15-26-19-9-7-6-8-18(19)20(24)23-21(27)22-16-10-12-17(13-11-16)25-14-4-2/h6-13H,3-5,14-15H2,1-2H3,(H2,22,23,24,27). The molecule has 6 heteroatoms. The minimum absolute atomic E-state index is 0.227. The Morgan fingerprint density at radius 1 is 0.963 bits per heavy atom. The van der Waals surface area contributed by atoms with E-state index in [1.54, 1.807) is 18.2 Å². The van der Waals surface area contributed by atoms with E-state index in [0.29, 0.717) is 24.5 Å². The van der Waals surface area contributed by atoms with Crippen molar-refractivity contribution in [3.8, 4) is 11.5 Å². The highest BCUT2D eigenvalue weighted by atomic mass is 32.1. The molecule has 5 nitrogen and oxygen atoms in total. The second-order valence-corrected chi connectivity index (χ2v) is 6.39. The molecule has 0 heterocycles. The Morgan fingerprint density at radius 3 is 2.41 bits per heavy atom. The summed E-state index contributed by atoms with van der Waals surface area (Å²) in [5.41, 5.74) is 1.23. The number of hydrogen-bond donors (Lipinski definition) is 2. The van der Waals surface area contributed by atoms with E-state index in [0.717, 1.165) is 30.7 Å². The summed E-state index contributed by atoms with van der Waals surface area (Å²) in [5.74, 6) is 1.06. The minimum atomic E-state index is -0.303. The summed E-state index contributed by atoms with van der Waals surface area (Å²) in [4.78, 5) is 12.5. The second kappa shape index (κ2) is 11.2. The Hall–Kier alpha value is -2.60. The highest BCUT2D eigenvalue weighted by Gasteiger charge is 2.13. The van der Waals surface area contributed by atoms with E-state index in [4.69, 9.17) is 21.7 Å². The highest BCUT2D eigenvalue weighted by molar-refractivity contribution is 7.80. The monoisotopic (exact) mass is 386 g/mol. The van der Waals surface area contributed by atoms with Crippen LogP contribution in [0.3, 0.4) is 0 Å². The van der Waals surface area contributed by atoms with Crippen molar-refractivity contribution in [1.82, 2.24) is 5.32 Å². The number of anilines is 1. The molecule has 0 bridgehead atoms. The molecular weight excluding hydrogens is 360 g/mol. The molecule has 0 saturated carbocycles. The number of para-hydroxylation sites is 1. The molecule has 0 spiro atoms. The molecule has 0 aliphatic heterocycles. The SMILES string of the molecule is CCCCOc1ccccc1C(=O)NC(=S)Nc1ccc(OCCC)cc1. The van der Waals surface area contributed by atoms with Crippen LogP contribution in [0.4, 0.5) is 5.69 Å². The molecule has 0 aliphatic carbocycles. The van der Waals surface area contributed by atoms with Gasteiger partial charge < -0.3 is 14.8 Å². The van der Waals surface area contributed by atoms with Gasteiger partial charge in [-0.15, -0.1) is 0 Å². The van der Waals surface area contributed by atoms with Gasteiger partial charge in [0.1, 0.15) is 11.5 Å². The van der Waals surface area contributed by atoms with Gasteiger partial charge in [0.05, 0.1) is 18.8 Å². The maximum atomic E-state index is 12.5. The zero-order chi connectivity index (χ0) is 19.5. The van der Waals surface area contributed by atoms with Crippen molar-refractivity contribution in [2.24, 2.45) is 0 Å². The first-order valence-corrected chi connectivity index (χ1v) is 9.62. The topological polar surface area (TPSA) is 59.6 Å². The van der Waals surface area contributed by atoms with Crippen LogP contribution in [-0.2, 0) is 0 Å². The summed E-state index contributed by atoms with van der Waals surface area (Å²) in [7, 11) is 0. The van der Waals surface area contributed by atoms with E-state index in [-0.39, 0.29) is 11.0 Å². The van der Waals surface area contributed by atoms with Crippen LogP contribution >= 0.6 is 12.2 Å². The third kappa shape index (κ3) is 6.90. The average molecular weight is 387 g/mol. The van der Waals surface area contributed by atoms with Crippen molar-refractivity contribution in [1.29, 1.82) is 0 Å². The maximum absolute atomic E-state index is 12.5. The van der Waals surface area contributed by atoms with Gasteiger partial charge in [-0.3, -0.25) is 10.1 Å². The van der Waals surface area contributed by atoms with Gasteiger partial charge in [0.2, 0.25) is 0 Å². The number of benzene rings is 2. The average Bonchev–Trinajstić information content (AvgIpc) is 2.68. The van der Waals surface area contributed by atoms with E-state index in [1.165, 1.54) is 0 Å².